The van der Waals surface area contributed by atoms with Gasteiger partial charge in [0.15, 0.2) is 0 Å². The van der Waals surface area contributed by atoms with E-state index in [-0.39, 0.29) is 12.3 Å². The molecule has 3 rings (SSSR count). The van der Waals surface area contributed by atoms with Crippen LogP contribution in [0, 0.1) is 12.8 Å². The zero-order chi connectivity index (χ0) is 26.5. The third-order valence-electron chi connectivity index (χ3n) is 6.34. The highest BCUT2D eigenvalue weighted by Gasteiger charge is 2.30. The van der Waals surface area contributed by atoms with Crippen LogP contribution in [0.4, 0.5) is 0 Å². The van der Waals surface area contributed by atoms with Gasteiger partial charge in [0.2, 0.25) is 11.8 Å². The van der Waals surface area contributed by atoms with Crippen molar-refractivity contribution in [1.29, 1.82) is 0 Å². The highest BCUT2D eigenvalue weighted by Crippen LogP contribution is 2.13. The summed E-state index contributed by atoms with van der Waals surface area (Å²) in [6.07, 6.45) is 2.29. The summed E-state index contributed by atoms with van der Waals surface area (Å²) in [7, 11) is 0. The highest BCUT2D eigenvalue weighted by atomic mass is 16.5. The van der Waals surface area contributed by atoms with Gasteiger partial charge in [-0.3, -0.25) is 19.6 Å². The number of nitrogens with one attached hydrogen (secondary N) is 3. The second-order valence-corrected chi connectivity index (χ2v) is 9.16. The van der Waals surface area contributed by atoms with E-state index in [0.29, 0.717) is 32.2 Å². The maximum absolute atomic E-state index is 13.2. The van der Waals surface area contributed by atoms with E-state index in [0.717, 1.165) is 16.7 Å². The van der Waals surface area contributed by atoms with Crippen LogP contribution < -0.4 is 16.1 Å². The standard InChI is InChI=1S/C30H35N3O4/c1-22-12-14-25(15-13-22)20-21-31-30(36)27(19-17-24-10-6-3-7-11-24)32-28(34)26(29(35)33-37)18-16-23-8-4-2-5-9-23/h2-15,26-27,37H,16-21H2,1H3,(H,31,36)(H,32,34)(H,33,35)/t26?,27-/m0/s1. The number of benzene rings is 3. The lowest BCUT2D eigenvalue weighted by Crippen LogP contribution is -2.51. The molecule has 0 spiro atoms. The first-order valence-corrected chi connectivity index (χ1v) is 12.6. The molecule has 0 saturated heterocycles. The Kier molecular flexibility index (Phi) is 10.9. The van der Waals surface area contributed by atoms with Crippen molar-refractivity contribution < 1.29 is 19.6 Å². The average molecular weight is 502 g/mol. The number of hydroxylamine groups is 1. The Hall–Kier alpha value is -3.97. The number of amides is 3. The summed E-state index contributed by atoms with van der Waals surface area (Å²) in [5.41, 5.74) is 5.89. The molecule has 3 aromatic carbocycles. The Morgan fingerprint density at radius 2 is 1.22 bits per heavy atom. The lowest BCUT2D eigenvalue weighted by molar-refractivity contribution is -0.142. The summed E-state index contributed by atoms with van der Waals surface area (Å²) in [4.78, 5) is 38.6. The van der Waals surface area contributed by atoms with E-state index in [1.165, 1.54) is 5.56 Å². The van der Waals surface area contributed by atoms with Gasteiger partial charge >= 0.3 is 0 Å². The fourth-order valence-electron chi connectivity index (χ4n) is 4.12. The lowest BCUT2D eigenvalue weighted by Gasteiger charge is -2.22. The van der Waals surface area contributed by atoms with Crippen LogP contribution in [-0.4, -0.2) is 35.5 Å². The zero-order valence-corrected chi connectivity index (χ0v) is 21.2. The number of hydrogen-bond acceptors (Lipinski definition) is 4. The topological polar surface area (TPSA) is 108 Å². The number of carbonyl (C=O) groups is 3. The summed E-state index contributed by atoms with van der Waals surface area (Å²) >= 11 is 0. The molecule has 3 aromatic rings. The molecular formula is C30H35N3O4. The van der Waals surface area contributed by atoms with Gasteiger partial charge in [0, 0.05) is 6.54 Å². The smallest absolute Gasteiger partial charge is 0.255 e. The van der Waals surface area contributed by atoms with E-state index in [9.17, 15) is 19.6 Å². The molecule has 2 atom stereocenters. The molecule has 1 unspecified atom stereocenters. The van der Waals surface area contributed by atoms with Crippen molar-refractivity contribution in [1.82, 2.24) is 16.1 Å². The third kappa shape index (κ3) is 9.20. The predicted molar refractivity (Wildman–Crippen MR) is 143 cm³/mol. The molecule has 4 N–H and O–H groups in total. The summed E-state index contributed by atoms with van der Waals surface area (Å²) in [5.74, 6) is -2.82. The third-order valence-corrected chi connectivity index (χ3v) is 6.34. The minimum Gasteiger partial charge on any atom is -0.354 e. The molecule has 0 aliphatic heterocycles. The molecular weight excluding hydrogens is 466 g/mol. The van der Waals surface area contributed by atoms with Crippen molar-refractivity contribution in [2.75, 3.05) is 6.54 Å². The Morgan fingerprint density at radius 3 is 1.78 bits per heavy atom. The van der Waals surface area contributed by atoms with Gasteiger partial charge in [-0.15, -0.1) is 0 Å². The first-order valence-electron chi connectivity index (χ1n) is 12.6. The predicted octanol–water partition coefficient (Wildman–Crippen LogP) is 3.53. The number of rotatable bonds is 13. The minimum absolute atomic E-state index is 0.197. The Morgan fingerprint density at radius 1 is 0.676 bits per heavy atom. The van der Waals surface area contributed by atoms with E-state index in [1.807, 2.05) is 91.9 Å². The summed E-state index contributed by atoms with van der Waals surface area (Å²) in [5, 5.41) is 14.9. The second-order valence-electron chi connectivity index (χ2n) is 9.16. The molecule has 0 fully saturated rings. The van der Waals surface area contributed by atoms with Crippen LogP contribution in [-0.2, 0) is 33.6 Å². The van der Waals surface area contributed by atoms with Gasteiger partial charge in [-0.1, -0.05) is 90.5 Å². The van der Waals surface area contributed by atoms with Crippen molar-refractivity contribution in [3.05, 3.63) is 107 Å². The van der Waals surface area contributed by atoms with Crippen LogP contribution >= 0.6 is 0 Å². The van der Waals surface area contributed by atoms with Crippen LogP contribution in [0.5, 0.6) is 0 Å². The van der Waals surface area contributed by atoms with Crippen LogP contribution in [0.25, 0.3) is 0 Å². The number of aryl methyl sites for hydroxylation is 3. The molecule has 7 heteroatoms. The molecule has 0 aromatic heterocycles. The molecule has 0 saturated carbocycles. The Labute approximate surface area is 218 Å². The molecule has 0 aliphatic carbocycles. The van der Waals surface area contributed by atoms with Gasteiger partial charge in [0.25, 0.3) is 5.91 Å². The van der Waals surface area contributed by atoms with Crippen molar-refractivity contribution in [3.63, 3.8) is 0 Å². The van der Waals surface area contributed by atoms with Crippen LogP contribution in [0.1, 0.15) is 35.1 Å². The van der Waals surface area contributed by atoms with Crippen molar-refractivity contribution >= 4 is 17.7 Å². The van der Waals surface area contributed by atoms with Crippen LogP contribution in [0.2, 0.25) is 0 Å². The van der Waals surface area contributed by atoms with Gasteiger partial charge in [0.1, 0.15) is 12.0 Å². The first kappa shape index (κ1) is 27.6. The number of carbonyl (C=O) groups excluding carboxylic acids is 3. The Balaban J connectivity index is 1.65. The van der Waals surface area contributed by atoms with Crippen molar-refractivity contribution in [2.24, 2.45) is 5.92 Å². The monoisotopic (exact) mass is 501 g/mol. The van der Waals surface area contributed by atoms with E-state index >= 15 is 0 Å². The fraction of sp³-hybridized carbons (Fsp3) is 0.300. The molecule has 0 heterocycles. The van der Waals surface area contributed by atoms with Gasteiger partial charge in [-0.05, 0) is 55.7 Å². The summed E-state index contributed by atoms with van der Waals surface area (Å²) in [6.45, 7) is 2.45. The molecule has 0 aliphatic rings. The quantitative estimate of drug-likeness (QED) is 0.163. The Bertz CT molecular complexity index is 1130. The van der Waals surface area contributed by atoms with E-state index < -0.39 is 23.8 Å². The molecule has 0 bridgehead atoms. The van der Waals surface area contributed by atoms with Gasteiger partial charge in [-0.2, -0.15) is 0 Å². The largest absolute Gasteiger partial charge is 0.354 e. The SMILES string of the molecule is Cc1ccc(CCNC(=O)[C@H](CCc2ccccc2)NC(=O)C(CCc2ccccc2)C(=O)NO)cc1. The second kappa shape index (κ2) is 14.6. The molecule has 0 radical (unpaired) electrons. The van der Waals surface area contributed by atoms with Crippen LogP contribution in [0.15, 0.2) is 84.9 Å². The zero-order valence-electron chi connectivity index (χ0n) is 21.2. The number of hydrogen-bond donors (Lipinski definition) is 4. The minimum atomic E-state index is -1.13. The normalized spacial score (nSPS) is 12.3. The summed E-state index contributed by atoms with van der Waals surface area (Å²) in [6, 6.07) is 26.5. The lowest BCUT2D eigenvalue weighted by atomic mass is 9.96. The van der Waals surface area contributed by atoms with Crippen molar-refractivity contribution in [3.8, 4) is 0 Å². The maximum atomic E-state index is 13.2. The molecule has 7 nitrogen and oxygen atoms in total. The molecule has 37 heavy (non-hydrogen) atoms. The first-order chi connectivity index (χ1) is 18.0. The van der Waals surface area contributed by atoms with Crippen LogP contribution in [0.3, 0.4) is 0 Å². The van der Waals surface area contributed by atoms with Gasteiger partial charge < -0.3 is 10.6 Å². The molecule has 194 valence electrons. The van der Waals surface area contributed by atoms with E-state index in [4.69, 9.17) is 0 Å². The van der Waals surface area contributed by atoms with Gasteiger partial charge in [-0.25, -0.2) is 5.48 Å². The average Bonchev–Trinajstić information content (AvgIpc) is 2.93. The molecule has 3 amide bonds. The maximum Gasteiger partial charge on any atom is 0.255 e. The van der Waals surface area contributed by atoms with Gasteiger partial charge in [0.05, 0.1) is 0 Å². The summed E-state index contributed by atoms with van der Waals surface area (Å²) < 4.78 is 0. The fourth-order valence-corrected chi connectivity index (χ4v) is 4.12. The van der Waals surface area contributed by atoms with E-state index in [2.05, 4.69) is 10.6 Å². The van der Waals surface area contributed by atoms with Crippen molar-refractivity contribution in [2.45, 2.75) is 45.1 Å². The van der Waals surface area contributed by atoms with E-state index in [1.54, 1.807) is 5.48 Å². The highest BCUT2D eigenvalue weighted by molar-refractivity contribution is 6.01.